The molecule has 0 aliphatic rings. The second kappa shape index (κ2) is 11.4. The van der Waals surface area contributed by atoms with E-state index in [0.717, 1.165) is 5.56 Å². The molecule has 0 spiro atoms. The molecule has 0 bridgehead atoms. The van der Waals surface area contributed by atoms with Crippen molar-refractivity contribution in [1.29, 1.82) is 0 Å². The van der Waals surface area contributed by atoms with Crippen molar-refractivity contribution >= 4 is 24.0 Å². The molecular formula is C20H26ClN3O4. The molecule has 2 aromatic rings. The lowest BCUT2D eigenvalue weighted by Gasteiger charge is -2.29. The van der Waals surface area contributed by atoms with Gasteiger partial charge in [-0.15, -0.1) is 12.4 Å². The third-order valence-corrected chi connectivity index (χ3v) is 4.24. The standard InChI is InChI=1S/C20H25N3O4.ClH/c1-15(2)22(13-16-6-4-3-5-7-16)14-19(24)12-21-20(25)17-8-10-18(11-9-17)23(26)27;/h3-11,15,19,24H,12-14H2,1-2H3,(H,21,25);1H. The minimum absolute atomic E-state index is 0. The summed E-state index contributed by atoms with van der Waals surface area (Å²) >= 11 is 0. The van der Waals surface area contributed by atoms with Crippen molar-refractivity contribution < 1.29 is 14.8 Å². The Balaban J connectivity index is 0.00000392. The predicted molar refractivity (Wildman–Crippen MR) is 111 cm³/mol. The quantitative estimate of drug-likeness (QED) is 0.492. The van der Waals surface area contributed by atoms with Crippen molar-refractivity contribution in [3.63, 3.8) is 0 Å². The fraction of sp³-hybridized carbons (Fsp3) is 0.350. The summed E-state index contributed by atoms with van der Waals surface area (Å²) in [6.45, 7) is 5.36. The Labute approximate surface area is 170 Å². The van der Waals surface area contributed by atoms with E-state index in [1.54, 1.807) is 0 Å². The average molecular weight is 408 g/mol. The Morgan fingerprint density at radius 1 is 1.14 bits per heavy atom. The molecule has 2 rings (SSSR count). The largest absolute Gasteiger partial charge is 0.390 e. The number of rotatable bonds is 9. The summed E-state index contributed by atoms with van der Waals surface area (Å²) in [6.07, 6.45) is -0.724. The Morgan fingerprint density at radius 3 is 2.29 bits per heavy atom. The van der Waals surface area contributed by atoms with Crippen LogP contribution in [0.15, 0.2) is 54.6 Å². The summed E-state index contributed by atoms with van der Waals surface area (Å²) in [6, 6.07) is 15.6. The van der Waals surface area contributed by atoms with Gasteiger partial charge in [-0.05, 0) is 31.5 Å². The van der Waals surface area contributed by atoms with Crippen molar-refractivity contribution in [2.75, 3.05) is 13.1 Å². The lowest BCUT2D eigenvalue weighted by Crippen LogP contribution is -2.42. The molecule has 1 unspecified atom stereocenters. The van der Waals surface area contributed by atoms with Crippen LogP contribution in [0.25, 0.3) is 0 Å². The van der Waals surface area contributed by atoms with Crippen LogP contribution in [-0.2, 0) is 6.54 Å². The van der Waals surface area contributed by atoms with Crippen LogP contribution in [0.4, 0.5) is 5.69 Å². The molecular weight excluding hydrogens is 382 g/mol. The number of nitrogens with zero attached hydrogens (tertiary/aromatic N) is 2. The number of nitro groups is 1. The Kier molecular flexibility index (Phi) is 9.58. The van der Waals surface area contributed by atoms with Crippen LogP contribution in [0.2, 0.25) is 0 Å². The number of non-ortho nitro benzene ring substituents is 1. The van der Waals surface area contributed by atoms with Gasteiger partial charge in [0.25, 0.3) is 11.6 Å². The van der Waals surface area contributed by atoms with E-state index in [-0.39, 0.29) is 36.6 Å². The number of hydrogen-bond donors (Lipinski definition) is 2. The Bertz CT molecular complexity index is 754. The molecule has 8 heteroatoms. The molecule has 0 saturated heterocycles. The number of amides is 1. The monoisotopic (exact) mass is 407 g/mol. The van der Waals surface area contributed by atoms with E-state index >= 15 is 0 Å². The third-order valence-electron chi connectivity index (χ3n) is 4.24. The zero-order valence-corrected chi connectivity index (χ0v) is 16.8. The summed E-state index contributed by atoms with van der Waals surface area (Å²) in [5.74, 6) is -0.372. The fourth-order valence-corrected chi connectivity index (χ4v) is 2.66. The van der Waals surface area contributed by atoms with Gasteiger partial charge in [-0.2, -0.15) is 0 Å². The first-order valence-corrected chi connectivity index (χ1v) is 8.85. The molecule has 0 aliphatic carbocycles. The van der Waals surface area contributed by atoms with Gasteiger partial charge >= 0.3 is 0 Å². The normalized spacial score (nSPS) is 11.8. The second-order valence-electron chi connectivity index (χ2n) is 6.68. The molecule has 0 radical (unpaired) electrons. The maximum absolute atomic E-state index is 12.1. The highest BCUT2D eigenvalue weighted by molar-refractivity contribution is 5.94. The van der Waals surface area contributed by atoms with E-state index in [2.05, 4.69) is 24.1 Å². The molecule has 0 fully saturated rings. The van der Waals surface area contributed by atoms with Gasteiger partial charge in [-0.25, -0.2) is 0 Å². The molecule has 0 aliphatic heterocycles. The van der Waals surface area contributed by atoms with E-state index in [1.807, 2.05) is 30.3 Å². The van der Waals surface area contributed by atoms with Gasteiger partial charge < -0.3 is 10.4 Å². The maximum Gasteiger partial charge on any atom is 0.269 e. The molecule has 0 saturated carbocycles. The number of carbonyl (C=O) groups is 1. The van der Waals surface area contributed by atoms with Gasteiger partial charge in [0.15, 0.2) is 0 Å². The molecule has 2 N–H and O–H groups in total. The predicted octanol–water partition coefficient (Wildman–Crippen LogP) is 3.02. The molecule has 1 amide bonds. The summed E-state index contributed by atoms with van der Waals surface area (Å²) in [4.78, 5) is 24.4. The maximum atomic E-state index is 12.1. The van der Waals surface area contributed by atoms with Gasteiger partial charge in [0, 0.05) is 43.4 Å². The van der Waals surface area contributed by atoms with Crippen LogP contribution in [0.1, 0.15) is 29.8 Å². The number of halogens is 1. The molecule has 2 aromatic carbocycles. The lowest BCUT2D eigenvalue weighted by atomic mass is 10.1. The first-order valence-electron chi connectivity index (χ1n) is 8.85. The summed E-state index contributed by atoms with van der Waals surface area (Å²) in [7, 11) is 0. The van der Waals surface area contributed by atoms with Crippen molar-refractivity contribution in [1.82, 2.24) is 10.2 Å². The fourth-order valence-electron chi connectivity index (χ4n) is 2.66. The van der Waals surface area contributed by atoms with Crippen LogP contribution in [0, 0.1) is 10.1 Å². The molecule has 0 aromatic heterocycles. The van der Waals surface area contributed by atoms with Crippen molar-refractivity contribution in [3.8, 4) is 0 Å². The number of benzene rings is 2. The van der Waals surface area contributed by atoms with Crippen molar-refractivity contribution in [3.05, 3.63) is 75.8 Å². The summed E-state index contributed by atoms with van der Waals surface area (Å²) in [5.41, 5.74) is 1.41. The first kappa shape index (κ1) is 23.6. The van der Waals surface area contributed by atoms with E-state index in [0.29, 0.717) is 18.7 Å². The zero-order chi connectivity index (χ0) is 19.8. The van der Waals surface area contributed by atoms with Crippen LogP contribution in [-0.4, -0.2) is 46.1 Å². The summed E-state index contributed by atoms with van der Waals surface area (Å²) in [5, 5.41) is 23.6. The Hall–Kier alpha value is -2.48. The van der Waals surface area contributed by atoms with E-state index in [9.17, 15) is 20.0 Å². The SMILES string of the molecule is CC(C)N(Cc1ccccc1)CC(O)CNC(=O)c1ccc([N+](=O)[O-])cc1.Cl. The van der Waals surface area contributed by atoms with E-state index < -0.39 is 11.0 Å². The first-order chi connectivity index (χ1) is 12.9. The molecule has 7 nitrogen and oxygen atoms in total. The topological polar surface area (TPSA) is 95.7 Å². The molecule has 28 heavy (non-hydrogen) atoms. The number of hydrogen-bond acceptors (Lipinski definition) is 5. The van der Waals surface area contributed by atoms with Crippen LogP contribution >= 0.6 is 12.4 Å². The minimum atomic E-state index is -0.724. The highest BCUT2D eigenvalue weighted by Crippen LogP contribution is 2.12. The molecule has 1 atom stereocenters. The summed E-state index contributed by atoms with van der Waals surface area (Å²) < 4.78 is 0. The van der Waals surface area contributed by atoms with Gasteiger partial charge in [0.2, 0.25) is 0 Å². The molecule has 0 heterocycles. The highest BCUT2D eigenvalue weighted by atomic mass is 35.5. The second-order valence-corrected chi connectivity index (χ2v) is 6.68. The van der Waals surface area contributed by atoms with Gasteiger partial charge in [0.1, 0.15) is 0 Å². The Morgan fingerprint density at radius 2 is 1.75 bits per heavy atom. The zero-order valence-electron chi connectivity index (χ0n) is 15.9. The minimum Gasteiger partial charge on any atom is -0.390 e. The van der Waals surface area contributed by atoms with Gasteiger partial charge in [-0.3, -0.25) is 19.8 Å². The van der Waals surface area contributed by atoms with Crippen LogP contribution in [0.5, 0.6) is 0 Å². The number of carbonyl (C=O) groups excluding carboxylic acids is 1. The number of aliphatic hydroxyl groups is 1. The number of nitro benzene ring substituents is 1. The van der Waals surface area contributed by atoms with Crippen LogP contribution in [0.3, 0.4) is 0 Å². The smallest absolute Gasteiger partial charge is 0.269 e. The average Bonchev–Trinajstić information content (AvgIpc) is 2.66. The van der Waals surface area contributed by atoms with Crippen molar-refractivity contribution in [2.24, 2.45) is 0 Å². The van der Waals surface area contributed by atoms with E-state index in [4.69, 9.17) is 0 Å². The van der Waals surface area contributed by atoms with Crippen LogP contribution < -0.4 is 5.32 Å². The number of aliphatic hydroxyl groups excluding tert-OH is 1. The third kappa shape index (κ3) is 7.26. The van der Waals surface area contributed by atoms with E-state index in [1.165, 1.54) is 24.3 Å². The number of nitrogens with one attached hydrogen (secondary N) is 1. The highest BCUT2D eigenvalue weighted by Gasteiger charge is 2.17. The van der Waals surface area contributed by atoms with Crippen molar-refractivity contribution in [2.45, 2.75) is 32.5 Å². The van der Waals surface area contributed by atoms with Gasteiger partial charge in [-0.1, -0.05) is 30.3 Å². The van der Waals surface area contributed by atoms with Gasteiger partial charge in [0.05, 0.1) is 11.0 Å². The molecule has 152 valence electrons. The lowest BCUT2D eigenvalue weighted by molar-refractivity contribution is -0.384.